The van der Waals surface area contributed by atoms with Gasteiger partial charge in [0.2, 0.25) is 11.9 Å². The van der Waals surface area contributed by atoms with Crippen LogP contribution >= 0.6 is 0 Å². The number of nitrogens with two attached hydrogens (primary N) is 1. The van der Waals surface area contributed by atoms with Crippen molar-refractivity contribution in [3.8, 4) is 0 Å². The van der Waals surface area contributed by atoms with Crippen LogP contribution in [0.2, 0.25) is 0 Å². The van der Waals surface area contributed by atoms with E-state index in [4.69, 9.17) is 10.5 Å². The van der Waals surface area contributed by atoms with E-state index in [9.17, 15) is 14.4 Å². The molecule has 5 N–H and O–H groups in total. The Hall–Kier alpha value is -4.81. The van der Waals surface area contributed by atoms with E-state index in [1.54, 1.807) is 0 Å². The van der Waals surface area contributed by atoms with Crippen LogP contribution in [0.15, 0.2) is 55.4 Å². The number of carbonyl (C=O) groups is 3. The Labute approximate surface area is 212 Å². The zero-order valence-electron chi connectivity index (χ0n) is 20.0. The van der Waals surface area contributed by atoms with Crippen molar-refractivity contribution in [2.45, 2.75) is 44.4 Å². The number of rotatable bonds is 9. The summed E-state index contributed by atoms with van der Waals surface area (Å²) < 4.78 is 6.28. The molecule has 0 saturated heterocycles. The molecule has 1 aromatic carbocycles. The molecule has 1 saturated carbocycles. The second kappa shape index (κ2) is 11.7. The summed E-state index contributed by atoms with van der Waals surface area (Å²) in [4.78, 5) is 40.2. The Morgan fingerprint density at radius 1 is 1.16 bits per heavy atom. The van der Waals surface area contributed by atoms with Gasteiger partial charge >= 0.3 is 6.09 Å². The number of hydrogen-bond donors (Lipinski definition) is 4. The van der Waals surface area contributed by atoms with Gasteiger partial charge < -0.3 is 26.4 Å². The van der Waals surface area contributed by atoms with Gasteiger partial charge in [-0.3, -0.25) is 9.59 Å². The number of nitrogens with one attached hydrogen (secondary N) is 3. The van der Waals surface area contributed by atoms with E-state index in [1.165, 1.54) is 18.5 Å². The minimum absolute atomic E-state index is 0.000293. The molecular formula is C24H27N9O4. The molecular weight excluding hydrogens is 478 g/mol. The summed E-state index contributed by atoms with van der Waals surface area (Å²) in [6, 6.07) is 9.24. The van der Waals surface area contributed by atoms with Crippen molar-refractivity contribution in [2.24, 2.45) is 5.73 Å². The quantitative estimate of drug-likeness (QED) is 0.315. The maximum atomic E-state index is 12.3. The number of nitrogens with zero attached hydrogens (tertiary/aromatic N) is 5. The maximum absolute atomic E-state index is 12.3. The molecule has 2 aromatic heterocycles. The average molecular weight is 506 g/mol. The minimum atomic E-state index is -0.825. The summed E-state index contributed by atoms with van der Waals surface area (Å²) in [5, 5.41) is 20.9. The molecule has 1 unspecified atom stereocenters. The van der Waals surface area contributed by atoms with Crippen molar-refractivity contribution in [2.75, 3.05) is 10.6 Å². The molecule has 1 aliphatic carbocycles. The number of aromatic nitrogens is 5. The summed E-state index contributed by atoms with van der Waals surface area (Å²) >= 11 is 0. The van der Waals surface area contributed by atoms with Crippen molar-refractivity contribution in [3.05, 3.63) is 66.6 Å². The van der Waals surface area contributed by atoms with Crippen molar-refractivity contribution >= 4 is 35.4 Å². The summed E-state index contributed by atoms with van der Waals surface area (Å²) in [7, 11) is 0. The third kappa shape index (κ3) is 6.87. The molecule has 0 bridgehead atoms. The summed E-state index contributed by atoms with van der Waals surface area (Å²) in [6.07, 6.45) is 6.61. The summed E-state index contributed by atoms with van der Waals surface area (Å²) in [5.74, 6) is -0.809. The smallest absolute Gasteiger partial charge is 0.435 e. The molecule has 192 valence electrons. The second-order valence-corrected chi connectivity index (χ2v) is 8.45. The fraction of sp³-hybridized carbons (Fsp3) is 0.292. The molecule has 1 fully saturated rings. The molecule has 13 heteroatoms. The Morgan fingerprint density at radius 2 is 1.95 bits per heavy atom. The Morgan fingerprint density at radius 3 is 2.70 bits per heavy atom. The molecule has 2 heterocycles. The van der Waals surface area contributed by atoms with Crippen LogP contribution in [0.25, 0.3) is 0 Å². The molecule has 0 spiro atoms. The van der Waals surface area contributed by atoms with Gasteiger partial charge in [-0.15, -0.1) is 10.2 Å². The molecule has 3 aromatic rings. The van der Waals surface area contributed by atoms with E-state index in [1.807, 2.05) is 30.3 Å². The fourth-order valence-electron chi connectivity index (χ4n) is 3.94. The first-order chi connectivity index (χ1) is 17.9. The maximum Gasteiger partial charge on any atom is 0.435 e. The van der Waals surface area contributed by atoms with Gasteiger partial charge in [0.1, 0.15) is 6.61 Å². The van der Waals surface area contributed by atoms with Crippen LogP contribution in [0.4, 0.5) is 22.2 Å². The highest BCUT2D eigenvalue weighted by Crippen LogP contribution is 2.23. The Bertz CT molecular complexity index is 1280. The van der Waals surface area contributed by atoms with Gasteiger partial charge in [-0.25, -0.2) is 4.79 Å². The van der Waals surface area contributed by atoms with Gasteiger partial charge in [0.25, 0.3) is 5.91 Å². The predicted octanol–water partition coefficient (Wildman–Crippen LogP) is 2.12. The van der Waals surface area contributed by atoms with Gasteiger partial charge in [-0.2, -0.15) is 14.8 Å². The molecule has 0 radical (unpaired) electrons. The number of primary amides is 1. The van der Waals surface area contributed by atoms with Gasteiger partial charge in [0.05, 0.1) is 18.1 Å². The number of hydrogen-bond acceptors (Lipinski definition) is 10. The van der Waals surface area contributed by atoms with Crippen molar-refractivity contribution in [3.63, 3.8) is 0 Å². The summed E-state index contributed by atoms with van der Waals surface area (Å²) in [5.41, 5.74) is 6.46. The number of anilines is 3. The zero-order chi connectivity index (χ0) is 26.2. The van der Waals surface area contributed by atoms with Crippen LogP contribution in [0.3, 0.4) is 0 Å². The number of ether oxygens (including phenoxy) is 1. The van der Waals surface area contributed by atoms with E-state index in [2.05, 4.69) is 42.8 Å². The third-order valence-corrected chi connectivity index (χ3v) is 5.70. The lowest BCUT2D eigenvalue weighted by Crippen LogP contribution is -2.41. The van der Waals surface area contributed by atoms with Crippen LogP contribution in [-0.4, -0.2) is 55.0 Å². The predicted molar refractivity (Wildman–Crippen MR) is 134 cm³/mol. The molecule has 4 rings (SSSR count). The fourth-order valence-corrected chi connectivity index (χ4v) is 3.94. The monoisotopic (exact) mass is 505 g/mol. The van der Waals surface area contributed by atoms with E-state index in [0.717, 1.165) is 29.5 Å². The van der Waals surface area contributed by atoms with Crippen molar-refractivity contribution in [1.82, 2.24) is 30.3 Å². The molecule has 37 heavy (non-hydrogen) atoms. The van der Waals surface area contributed by atoms with Gasteiger partial charge in [0, 0.05) is 12.1 Å². The van der Waals surface area contributed by atoms with E-state index in [-0.39, 0.29) is 42.1 Å². The highest BCUT2D eigenvalue weighted by Gasteiger charge is 2.24. The molecule has 13 nitrogen and oxygen atoms in total. The Balaban J connectivity index is 1.42. The lowest BCUT2D eigenvalue weighted by Gasteiger charge is -2.30. The number of amides is 2. The van der Waals surface area contributed by atoms with Crippen LogP contribution in [0, 0.1) is 0 Å². The molecule has 0 aliphatic heterocycles. The first-order valence-electron chi connectivity index (χ1n) is 11.7. The molecule has 1 aliphatic rings. The van der Waals surface area contributed by atoms with Crippen LogP contribution in [0.5, 0.6) is 0 Å². The molecule has 2 atom stereocenters. The number of benzene rings is 1. The zero-order valence-corrected chi connectivity index (χ0v) is 20.0. The first-order valence-corrected chi connectivity index (χ1v) is 11.7. The third-order valence-electron chi connectivity index (χ3n) is 5.70. The van der Waals surface area contributed by atoms with Crippen molar-refractivity contribution < 1.29 is 19.1 Å². The second-order valence-electron chi connectivity index (χ2n) is 8.45. The van der Waals surface area contributed by atoms with Gasteiger partial charge in [0.15, 0.2) is 11.5 Å². The number of carbonyl (C=O) groups excluding carboxylic acids is 3. The highest BCUT2D eigenvalue weighted by atomic mass is 16.6. The lowest BCUT2D eigenvalue weighted by molar-refractivity contribution is -0.117. The summed E-state index contributed by atoms with van der Waals surface area (Å²) in [6.45, 7) is 3.58. The first kappa shape index (κ1) is 25.3. The average Bonchev–Trinajstić information content (AvgIpc) is 3.36. The van der Waals surface area contributed by atoms with Gasteiger partial charge in [-0.1, -0.05) is 36.9 Å². The van der Waals surface area contributed by atoms with Crippen LogP contribution < -0.4 is 21.7 Å². The van der Waals surface area contributed by atoms with Crippen LogP contribution in [0.1, 0.15) is 41.7 Å². The van der Waals surface area contributed by atoms with E-state index < -0.39 is 12.0 Å². The molecule has 2 amide bonds. The van der Waals surface area contributed by atoms with Crippen molar-refractivity contribution in [1.29, 1.82) is 0 Å². The van der Waals surface area contributed by atoms with Crippen LogP contribution in [-0.2, 0) is 16.1 Å². The van der Waals surface area contributed by atoms with Gasteiger partial charge in [-0.05, 0) is 37.3 Å². The SMILES string of the molecule is C=CC(=O)NC1CCC[C@@H](Nc2nnc(C(N)=O)c(Nc3cnn(C(=O)OCc4ccccc4)c3)n2)C1. The minimum Gasteiger partial charge on any atom is -0.443 e. The standard InChI is InChI=1S/C24H27N9O4/c1-2-19(34)27-16-9-6-10-17(11-16)29-23-30-22(20(21(25)35)31-32-23)28-18-12-26-33(13-18)24(36)37-14-15-7-4-3-5-8-15/h2-5,7-8,12-13,16-17H,1,6,9-11,14H2,(H2,25,35)(H,27,34)(H2,28,29,30,32)/t16?,17-/m1/s1. The van der Waals surface area contributed by atoms with E-state index in [0.29, 0.717) is 12.1 Å². The lowest BCUT2D eigenvalue weighted by atomic mass is 9.91. The normalized spacial score (nSPS) is 16.9. The topological polar surface area (TPSA) is 179 Å². The largest absolute Gasteiger partial charge is 0.443 e. The van der Waals surface area contributed by atoms with E-state index >= 15 is 0 Å². The Kier molecular flexibility index (Phi) is 8.03. The highest BCUT2D eigenvalue weighted by molar-refractivity contribution is 5.96.